The highest BCUT2D eigenvalue weighted by Crippen LogP contribution is 2.16. The number of amides is 1. The van der Waals surface area contributed by atoms with Crippen LogP contribution in [0, 0.1) is 12.8 Å². The number of rotatable bonds is 7. The van der Waals surface area contributed by atoms with Crippen LogP contribution in [0.2, 0.25) is 0 Å². The van der Waals surface area contributed by atoms with Crippen molar-refractivity contribution in [1.82, 2.24) is 10.3 Å². The fourth-order valence-electron chi connectivity index (χ4n) is 1.54. The van der Waals surface area contributed by atoms with E-state index < -0.39 is 0 Å². The molecule has 0 aliphatic rings. The van der Waals surface area contributed by atoms with E-state index in [2.05, 4.69) is 24.1 Å². The Balaban J connectivity index is 2.41. The third-order valence-electron chi connectivity index (χ3n) is 2.62. The zero-order valence-corrected chi connectivity index (χ0v) is 11.8. The molecular weight excluding hydrogens is 244 g/mol. The Hall–Kier alpha value is -1.62. The summed E-state index contributed by atoms with van der Waals surface area (Å²) in [4.78, 5) is 15.7. The van der Waals surface area contributed by atoms with Gasteiger partial charge in [0.1, 0.15) is 11.4 Å². The van der Waals surface area contributed by atoms with E-state index in [-0.39, 0.29) is 19.1 Å². The lowest BCUT2D eigenvalue weighted by atomic mass is 10.1. The quantitative estimate of drug-likeness (QED) is 0.783. The Bertz CT molecular complexity index is 419. The van der Waals surface area contributed by atoms with Crippen LogP contribution in [0.5, 0.6) is 5.75 Å². The van der Waals surface area contributed by atoms with Crippen molar-refractivity contribution in [3.05, 3.63) is 23.5 Å². The number of aryl methyl sites for hydroxylation is 1. The van der Waals surface area contributed by atoms with Crippen LogP contribution >= 0.6 is 0 Å². The molecule has 19 heavy (non-hydrogen) atoms. The second-order valence-electron chi connectivity index (χ2n) is 4.88. The summed E-state index contributed by atoms with van der Waals surface area (Å²) in [5.41, 5.74) is 1.26. The molecule has 0 atom stereocenters. The first-order chi connectivity index (χ1) is 9.02. The molecule has 2 N–H and O–H groups in total. The lowest BCUT2D eigenvalue weighted by Crippen LogP contribution is -2.30. The third kappa shape index (κ3) is 5.70. The molecule has 1 amide bonds. The Morgan fingerprint density at radius 3 is 2.84 bits per heavy atom. The minimum Gasteiger partial charge on any atom is -0.482 e. The normalized spacial score (nSPS) is 10.6. The number of ether oxygens (including phenoxy) is 1. The summed E-state index contributed by atoms with van der Waals surface area (Å²) in [7, 11) is 0. The second kappa shape index (κ2) is 7.74. The highest BCUT2D eigenvalue weighted by molar-refractivity contribution is 5.77. The number of pyridine rings is 1. The SMILES string of the molecule is Cc1ccc(OCC(=O)NCCC(C)C)c(CO)n1. The van der Waals surface area contributed by atoms with E-state index in [0.29, 0.717) is 23.9 Å². The zero-order chi connectivity index (χ0) is 14.3. The number of carbonyl (C=O) groups excluding carboxylic acids is 1. The van der Waals surface area contributed by atoms with Crippen molar-refractivity contribution in [2.24, 2.45) is 5.92 Å². The molecule has 0 bridgehead atoms. The minimum atomic E-state index is -0.202. The lowest BCUT2D eigenvalue weighted by molar-refractivity contribution is -0.123. The molecule has 5 heteroatoms. The third-order valence-corrected chi connectivity index (χ3v) is 2.62. The summed E-state index contributed by atoms with van der Waals surface area (Å²) in [6.07, 6.45) is 0.944. The summed E-state index contributed by atoms with van der Waals surface area (Å²) in [5.74, 6) is 0.848. The highest BCUT2D eigenvalue weighted by atomic mass is 16.5. The lowest BCUT2D eigenvalue weighted by Gasteiger charge is -2.11. The van der Waals surface area contributed by atoms with Gasteiger partial charge in [-0.1, -0.05) is 13.8 Å². The molecule has 0 unspecified atom stereocenters. The van der Waals surface area contributed by atoms with Gasteiger partial charge in [0.05, 0.1) is 6.61 Å². The van der Waals surface area contributed by atoms with Gasteiger partial charge in [0.15, 0.2) is 6.61 Å². The van der Waals surface area contributed by atoms with Crippen molar-refractivity contribution in [2.45, 2.75) is 33.8 Å². The number of hydrogen-bond donors (Lipinski definition) is 2. The van der Waals surface area contributed by atoms with E-state index in [1.54, 1.807) is 12.1 Å². The molecular formula is C14H22N2O3. The van der Waals surface area contributed by atoms with Gasteiger partial charge in [-0.15, -0.1) is 0 Å². The molecule has 0 spiro atoms. The van der Waals surface area contributed by atoms with Gasteiger partial charge in [-0.3, -0.25) is 9.78 Å². The van der Waals surface area contributed by atoms with E-state index in [1.165, 1.54) is 0 Å². The molecule has 0 radical (unpaired) electrons. The van der Waals surface area contributed by atoms with Gasteiger partial charge in [0.2, 0.25) is 0 Å². The van der Waals surface area contributed by atoms with Gasteiger partial charge in [-0.25, -0.2) is 0 Å². The first-order valence-electron chi connectivity index (χ1n) is 6.49. The number of nitrogens with one attached hydrogen (secondary N) is 1. The first-order valence-corrected chi connectivity index (χ1v) is 6.49. The zero-order valence-electron chi connectivity index (χ0n) is 11.8. The maximum atomic E-state index is 11.5. The predicted octanol–water partition coefficient (Wildman–Crippen LogP) is 1.42. The molecule has 0 aromatic carbocycles. The maximum absolute atomic E-state index is 11.5. The Morgan fingerprint density at radius 1 is 1.47 bits per heavy atom. The average molecular weight is 266 g/mol. The Morgan fingerprint density at radius 2 is 2.21 bits per heavy atom. The molecule has 0 saturated heterocycles. The Labute approximate surface area is 114 Å². The molecule has 1 heterocycles. The largest absolute Gasteiger partial charge is 0.482 e. The second-order valence-corrected chi connectivity index (χ2v) is 4.88. The molecule has 106 valence electrons. The summed E-state index contributed by atoms with van der Waals surface area (Å²) in [5, 5.41) is 12.0. The molecule has 0 aliphatic heterocycles. The molecule has 0 saturated carbocycles. The average Bonchev–Trinajstić information content (AvgIpc) is 2.36. The van der Waals surface area contributed by atoms with Crippen molar-refractivity contribution in [3.8, 4) is 5.75 Å². The fraction of sp³-hybridized carbons (Fsp3) is 0.571. The molecule has 0 aliphatic carbocycles. The maximum Gasteiger partial charge on any atom is 0.257 e. The van der Waals surface area contributed by atoms with Gasteiger partial charge in [-0.2, -0.15) is 0 Å². The van der Waals surface area contributed by atoms with Crippen LogP contribution in [0.1, 0.15) is 31.7 Å². The first kappa shape index (κ1) is 15.4. The smallest absolute Gasteiger partial charge is 0.257 e. The van der Waals surface area contributed by atoms with E-state index in [0.717, 1.165) is 12.1 Å². The highest BCUT2D eigenvalue weighted by Gasteiger charge is 2.08. The number of carbonyl (C=O) groups is 1. The monoisotopic (exact) mass is 266 g/mol. The number of aliphatic hydroxyl groups excluding tert-OH is 1. The summed E-state index contributed by atoms with van der Waals surface area (Å²) in [6, 6.07) is 3.50. The van der Waals surface area contributed by atoms with Crippen LogP contribution in [-0.4, -0.2) is 29.1 Å². The van der Waals surface area contributed by atoms with Gasteiger partial charge in [0.25, 0.3) is 5.91 Å². The van der Waals surface area contributed by atoms with E-state index >= 15 is 0 Å². The molecule has 0 fully saturated rings. The summed E-state index contributed by atoms with van der Waals surface area (Å²) in [6.45, 7) is 6.44. The number of aromatic nitrogens is 1. The molecule has 1 aromatic rings. The van der Waals surface area contributed by atoms with Crippen molar-refractivity contribution in [3.63, 3.8) is 0 Å². The van der Waals surface area contributed by atoms with E-state index in [9.17, 15) is 4.79 Å². The fourth-order valence-corrected chi connectivity index (χ4v) is 1.54. The standard InChI is InChI=1S/C14H22N2O3/c1-10(2)6-7-15-14(18)9-19-13-5-4-11(3)16-12(13)8-17/h4-5,10,17H,6-9H2,1-3H3,(H,15,18). The van der Waals surface area contributed by atoms with Crippen LogP contribution in [-0.2, 0) is 11.4 Å². The van der Waals surface area contributed by atoms with Crippen LogP contribution in [0.3, 0.4) is 0 Å². The van der Waals surface area contributed by atoms with Gasteiger partial charge >= 0.3 is 0 Å². The van der Waals surface area contributed by atoms with E-state index in [1.807, 2.05) is 6.92 Å². The van der Waals surface area contributed by atoms with Crippen molar-refractivity contribution < 1.29 is 14.6 Å². The molecule has 1 rings (SSSR count). The number of aliphatic hydroxyl groups is 1. The van der Waals surface area contributed by atoms with Crippen molar-refractivity contribution in [2.75, 3.05) is 13.2 Å². The van der Waals surface area contributed by atoms with Gasteiger partial charge < -0.3 is 15.2 Å². The minimum absolute atomic E-state index is 0.0597. The Kier molecular flexibility index (Phi) is 6.29. The van der Waals surface area contributed by atoms with Crippen molar-refractivity contribution in [1.29, 1.82) is 0 Å². The van der Waals surface area contributed by atoms with Crippen LogP contribution in [0.25, 0.3) is 0 Å². The van der Waals surface area contributed by atoms with Gasteiger partial charge in [-0.05, 0) is 31.4 Å². The van der Waals surface area contributed by atoms with Crippen LogP contribution < -0.4 is 10.1 Å². The molecule has 1 aromatic heterocycles. The summed E-state index contributed by atoms with van der Waals surface area (Å²) >= 11 is 0. The van der Waals surface area contributed by atoms with Crippen LogP contribution in [0.4, 0.5) is 0 Å². The van der Waals surface area contributed by atoms with Crippen LogP contribution in [0.15, 0.2) is 12.1 Å². The topological polar surface area (TPSA) is 71.5 Å². The van der Waals surface area contributed by atoms with Crippen molar-refractivity contribution >= 4 is 5.91 Å². The molecule has 5 nitrogen and oxygen atoms in total. The summed E-state index contributed by atoms with van der Waals surface area (Å²) < 4.78 is 5.37. The van der Waals surface area contributed by atoms with E-state index in [4.69, 9.17) is 9.84 Å². The number of nitrogens with zero attached hydrogens (tertiary/aromatic N) is 1. The van der Waals surface area contributed by atoms with Gasteiger partial charge in [0, 0.05) is 12.2 Å². The number of hydrogen-bond acceptors (Lipinski definition) is 4. The predicted molar refractivity (Wildman–Crippen MR) is 72.9 cm³/mol.